The van der Waals surface area contributed by atoms with Gasteiger partial charge in [0.2, 0.25) is 4.34 Å². The van der Waals surface area contributed by atoms with Crippen LogP contribution in [0.4, 0.5) is 0 Å². The molecular weight excluding hydrogens is 294 g/mol. The summed E-state index contributed by atoms with van der Waals surface area (Å²) in [6.07, 6.45) is 3.34. The predicted octanol–water partition coefficient (Wildman–Crippen LogP) is 1.72. The molecule has 3 rings (SSSR count). The van der Waals surface area contributed by atoms with Gasteiger partial charge in [-0.05, 0) is 31.5 Å². The third-order valence-electron chi connectivity index (χ3n) is 3.44. The minimum atomic E-state index is -3.50. The smallest absolute Gasteiger partial charge is 0.267 e. The highest BCUT2D eigenvalue weighted by Gasteiger charge is 2.21. The third-order valence-corrected chi connectivity index (χ3v) is 6.27. The Morgan fingerprint density at radius 2 is 2.20 bits per heavy atom. The fourth-order valence-corrected chi connectivity index (χ4v) is 4.68. The molecule has 0 radical (unpaired) electrons. The van der Waals surface area contributed by atoms with Crippen LogP contribution in [0.3, 0.4) is 0 Å². The third kappa shape index (κ3) is 3.01. The SMILES string of the molecule is O=S(=O)(NC[C@@H]1CCCCN1)c1nc2ccccc2s1. The largest absolute Gasteiger partial charge is 0.313 e. The van der Waals surface area contributed by atoms with Gasteiger partial charge < -0.3 is 5.32 Å². The average Bonchev–Trinajstić information content (AvgIpc) is 2.91. The molecule has 1 aromatic carbocycles. The number of nitrogens with zero attached hydrogens (tertiary/aromatic N) is 1. The van der Waals surface area contributed by atoms with Crippen LogP contribution in [-0.4, -0.2) is 32.5 Å². The van der Waals surface area contributed by atoms with E-state index in [2.05, 4.69) is 15.0 Å². The summed E-state index contributed by atoms with van der Waals surface area (Å²) >= 11 is 1.21. The van der Waals surface area contributed by atoms with Gasteiger partial charge in [-0.2, -0.15) is 0 Å². The fraction of sp³-hybridized carbons (Fsp3) is 0.462. The van der Waals surface area contributed by atoms with Gasteiger partial charge in [-0.15, -0.1) is 11.3 Å². The number of hydrogen-bond acceptors (Lipinski definition) is 5. The number of rotatable bonds is 4. The molecule has 0 saturated carbocycles. The Labute approximate surface area is 122 Å². The van der Waals surface area contributed by atoms with Crippen LogP contribution in [0.5, 0.6) is 0 Å². The Balaban J connectivity index is 1.73. The Kier molecular flexibility index (Phi) is 4.02. The van der Waals surface area contributed by atoms with Crippen LogP contribution in [-0.2, 0) is 10.0 Å². The average molecular weight is 311 g/mol. The highest BCUT2D eigenvalue weighted by molar-refractivity contribution is 7.91. The van der Waals surface area contributed by atoms with Gasteiger partial charge in [0.25, 0.3) is 10.0 Å². The molecule has 2 aromatic rings. The molecule has 0 amide bonds. The lowest BCUT2D eigenvalue weighted by atomic mass is 10.1. The van der Waals surface area contributed by atoms with E-state index in [1.165, 1.54) is 17.8 Å². The van der Waals surface area contributed by atoms with Crippen LogP contribution in [0, 0.1) is 0 Å². The molecule has 20 heavy (non-hydrogen) atoms. The van der Waals surface area contributed by atoms with Crippen molar-refractivity contribution < 1.29 is 8.42 Å². The highest BCUT2D eigenvalue weighted by atomic mass is 32.2. The molecule has 0 aliphatic carbocycles. The van der Waals surface area contributed by atoms with Crippen molar-refractivity contribution in [1.82, 2.24) is 15.0 Å². The summed E-state index contributed by atoms with van der Waals surface area (Å²) in [7, 11) is -3.50. The summed E-state index contributed by atoms with van der Waals surface area (Å²) in [5.41, 5.74) is 0.730. The number of aromatic nitrogens is 1. The van der Waals surface area contributed by atoms with E-state index in [1.54, 1.807) is 0 Å². The highest BCUT2D eigenvalue weighted by Crippen LogP contribution is 2.24. The molecule has 2 N–H and O–H groups in total. The number of benzene rings is 1. The Morgan fingerprint density at radius 3 is 2.95 bits per heavy atom. The fourth-order valence-electron chi connectivity index (χ4n) is 2.34. The topological polar surface area (TPSA) is 71.1 Å². The molecule has 7 heteroatoms. The number of nitrogens with one attached hydrogen (secondary N) is 2. The molecule has 1 aliphatic heterocycles. The van der Waals surface area contributed by atoms with E-state index >= 15 is 0 Å². The molecule has 1 aromatic heterocycles. The molecule has 0 unspecified atom stereocenters. The van der Waals surface area contributed by atoms with E-state index in [0.717, 1.165) is 29.6 Å². The number of thiazole rings is 1. The van der Waals surface area contributed by atoms with Crippen LogP contribution in [0.15, 0.2) is 28.6 Å². The predicted molar refractivity (Wildman–Crippen MR) is 80.5 cm³/mol. The zero-order valence-electron chi connectivity index (χ0n) is 11.0. The van der Waals surface area contributed by atoms with Crippen molar-refractivity contribution in [2.45, 2.75) is 29.6 Å². The molecule has 108 valence electrons. The zero-order chi connectivity index (χ0) is 14.0. The standard InChI is InChI=1S/C13H17N3O2S2/c17-20(18,15-9-10-5-3-4-8-14-10)13-16-11-6-1-2-7-12(11)19-13/h1-2,6-7,10,14-15H,3-5,8-9H2/t10-/m0/s1. The van der Waals surface area contributed by atoms with Gasteiger partial charge in [0.05, 0.1) is 10.2 Å². The maximum Gasteiger partial charge on any atom is 0.267 e. The quantitative estimate of drug-likeness (QED) is 0.902. The summed E-state index contributed by atoms with van der Waals surface area (Å²) in [5.74, 6) is 0. The Morgan fingerprint density at radius 1 is 1.35 bits per heavy atom. The number of sulfonamides is 1. The van der Waals surface area contributed by atoms with Crippen LogP contribution < -0.4 is 10.0 Å². The second kappa shape index (κ2) is 5.77. The Hall–Kier alpha value is -1.02. The minimum Gasteiger partial charge on any atom is -0.313 e. The van der Waals surface area contributed by atoms with Crippen molar-refractivity contribution in [3.8, 4) is 0 Å². The van der Waals surface area contributed by atoms with Crippen LogP contribution in [0.2, 0.25) is 0 Å². The van der Waals surface area contributed by atoms with Crippen molar-refractivity contribution >= 4 is 31.6 Å². The van der Waals surface area contributed by atoms with E-state index in [-0.39, 0.29) is 10.4 Å². The molecule has 1 saturated heterocycles. The van der Waals surface area contributed by atoms with Crippen molar-refractivity contribution in [2.75, 3.05) is 13.1 Å². The van der Waals surface area contributed by atoms with E-state index in [1.807, 2.05) is 24.3 Å². The van der Waals surface area contributed by atoms with Gasteiger partial charge in [0.15, 0.2) is 0 Å². The van der Waals surface area contributed by atoms with E-state index in [9.17, 15) is 8.42 Å². The first kappa shape index (κ1) is 13.9. The first-order valence-electron chi connectivity index (χ1n) is 6.74. The molecule has 0 bridgehead atoms. The summed E-state index contributed by atoms with van der Waals surface area (Å²) < 4.78 is 28.2. The molecule has 5 nitrogen and oxygen atoms in total. The van der Waals surface area contributed by atoms with E-state index < -0.39 is 10.0 Å². The van der Waals surface area contributed by atoms with Gasteiger partial charge in [-0.3, -0.25) is 0 Å². The van der Waals surface area contributed by atoms with Gasteiger partial charge in [-0.1, -0.05) is 18.6 Å². The molecule has 2 heterocycles. The maximum absolute atomic E-state index is 12.3. The molecular formula is C13H17N3O2S2. The summed E-state index contributed by atoms with van der Waals surface area (Å²) in [6.45, 7) is 1.39. The maximum atomic E-state index is 12.3. The monoisotopic (exact) mass is 311 g/mol. The van der Waals surface area contributed by atoms with Crippen LogP contribution in [0.25, 0.3) is 10.2 Å². The van der Waals surface area contributed by atoms with Gasteiger partial charge in [-0.25, -0.2) is 18.1 Å². The molecule has 1 atom stereocenters. The summed E-state index contributed by atoms with van der Waals surface area (Å²) in [4.78, 5) is 4.20. The van der Waals surface area contributed by atoms with Crippen LogP contribution in [0.1, 0.15) is 19.3 Å². The first-order valence-corrected chi connectivity index (χ1v) is 9.04. The minimum absolute atomic E-state index is 0.148. The second-order valence-electron chi connectivity index (χ2n) is 4.95. The first-order chi connectivity index (χ1) is 9.65. The zero-order valence-corrected chi connectivity index (χ0v) is 12.6. The Bertz CT molecular complexity index is 657. The van der Waals surface area contributed by atoms with Crippen LogP contribution >= 0.6 is 11.3 Å². The normalized spacial score (nSPS) is 20.3. The number of piperidine rings is 1. The molecule has 0 spiro atoms. The van der Waals surface area contributed by atoms with E-state index in [0.29, 0.717) is 6.54 Å². The lowest BCUT2D eigenvalue weighted by Crippen LogP contribution is -2.43. The number of fused-ring (bicyclic) bond motifs is 1. The second-order valence-corrected chi connectivity index (χ2v) is 7.92. The molecule has 1 aliphatic rings. The lowest BCUT2D eigenvalue weighted by molar-refractivity contribution is 0.398. The summed E-state index contributed by atoms with van der Waals surface area (Å²) in [5, 5.41) is 3.33. The molecule has 1 fully saturated rings. The lowest BCUT2D eigenvalue weighted by Gasteiger charge is -2.23. The van der Waals surface area contributed by atoms with Crippen molar-refractivity contribution in [3.05, 3.63) is 24.3 Å². The van der Waals surface area contributed by atoms with Gasteiger partial charge >= 0.3 is 0 Å². The van der Waals surface area contributed by atoms with Crippen molar-refractivity contribution in [1.29, 1.82) is 0 Å². The number of hydrogen-bond donors (Lipinski definition) is 2. The summed E-state index contributed by atoms with van der Waals surface area (Å²) in [6, 6.07) is 7.68. The van der Waals surface area contributed by atoms with E-state index in [4.69, 9.17) is 0 Å². The van der Waals surface area contributed by atoms with Gasteiger partial charge in [0, 0.05) is 12.6 Å². The van der Waals surface area contributed by atoms with Crippen molar-refractivity contribution in [3.63, 3.8) is 0 Å². The van der Waals surface area contributed by atoms with Gasteiger partial charge in [0.1, 0.15) is 0 Å². The number of para-hydroxylation sites is 1. The van der Waals surface area contributed by atoms with Crippen molar-refractivity contribution in [2.24, 2.45) is 0 Å².